The van der Waals surface area contributed by atoms with Crippen LogP contribution in [0.15, 0.2) is 12.7 Å². The highest BCUT2D eigenvalue weighted by Gasteiger charge is 2.39. The van der Waals surface area contributed by atoms with Crippen LogP contribution in [0.1, 0.15) is 27.2 Å². The summed E-state index contributed by atoms with van der Waals surface area (Å²) in [5, 5.41) is 0. The van der Waals surface area contributed by atoms with Crippen molar-refractivity contribution in [3.8, 4) is 0 Å². The van der Waals surface area contributed by atoms with Crippen molar-refractivity contribution in [3.05, 3.63) is 12.7 Å². The second-order valence-electron chi connectivity index (χ2n) is 3.65. The van der Waals surface area contributed by atoms with Gasteiger partial charge in [-0.05, 0) is 20.3 Å². The minimum Gasteiger partial charge on any atom is -0.465 e. The molecule has 0 aromatic carbocycles. The van der Waals surface area contributed by atoms with E-state index in [2.05, 4.69) is 6.58 Å². The van der Waals surface area contributed by atoms with Crippen molar-refractivity contribution in [2.24, 2.45) is 5.41 Å². The van der Waals surface area contributed by atoms with Crippen LogP contribution in [0.25, 0.3) is 0 Å². The van der Waals surface area contributed by atoms with E-state index in [0.717, 1.165) is 6.42 Å². The van der Waals surface area contributed by atoms with Gasteiger partial charge >= 0.3 is 11.9 Å². The van der Waals surface area contributed by atoms with Gasteiger partial charge in [-0.25, -0.2) is 0 Å². The number of carbonyl (C=O) groups excluding carboxylic acids is 2. The van der Waals surface area contributed by atoms with Crippen molar-refractivity contribution >= 4 is 11.9 Å². The lowest BCUT2D eigenvalue weighted by Gasteiger charge is -2.20. The average Bonchev–Trinajstić information content (AvgIpc) is 2.21. The fourth-order valence-corrected chi connectivity index (χ4v) is 0.774. The molecular weight excluding hydrogens is 196 g/mol. The summed E-state index contributed by atoms with van der Waals surface area (Å²) in [4.78, 5) is 22.9. The van der Waals surface area contributed by atoms with Gasteiger partial charge < -0.3 is 9.47 Å². The highest BCUT2D eigenvalue weighted by atomic mass is 16.6. The lowest BCUT2D eigenvalue weighted by Crippen LogP contribution is -2.36. The fourth-order valence-electron chi connectivity index (χ4n) is 0.774. The van der Waals surface area contributed by atoms with Gasteiger partial charge in [0.15, 0.2) is 5.41 Å². The summed E-state index contributed by atoms with van der Waals surface area (Å²) in [5.74, 6) is -1.15. The molecule has 0 aromatic rings. The van der Waals surface area contributed by atoms with Gasteiger partial charge in [-0.2, -0.15) is 0 Å². The summed E-state index contributed by atoms with van der Waals surface area (Å²) < 4.78 is 9.69. The van der Waals surface area contributed by atoms with Gasteiger partial charge in [0.25, 0.3) is 0 Å². The molecule has 0 spiro atoms. The van der Waals surface area contributed by atoms with E-state index < -0.39 is 17.4 Å². The maximum Gasteiger partial charge on any atom is 0.323 e. The van der Waals surface area contributed by atoms with E-state index in [1.54, 1.807) is 0 Å². The van der Waals surface area contributed by atoms with Crippen molar-refractivity contribution in [3.63, 3.8) is 0 Å². The lowest BCUT2D eigenvalue weighted by molar-refractivity contribution is -0.169. The van der Waals surface area contributed by atoms with E-state index in [1.165, 1.54) is 19.9 Å². The van der Waals surface area contributed by atoms with Crippen LogP contribution >= 0.6 is 0 Å². The predicted octanol–water partition coefficient (Wildman–Crippen LogP) is 1.70. The van der Waals surface area contributed by atoms with Gasteiger partial charge in [-0.1, -0.05) is 19.6 Å². The Labute approximate surface area is 90.2 Å². The summed E-state index contributed by atoms with van der Waals surface area (Å²) >= 11 is 0. The molecule has 0 atom stereocenters. The van der Waals surface area contributed by atoms with Crippen LogP contribution in [-0.2, 0) is 19.1 Å². The summed E-state index contributed by atoms with van der Waals surface area (Å²) in [5.41, 5.74) is -1.25. The first kappa shape index (κ1) is 13.7. The van der Waals surface area contributed by atoms with Crippen molar-refractivity contribution in [1.82, 2.24) is 0 Å². The van der Waals surface area contributed by atoms with Crippen LogP contribution in [0.2, 0.25) is 0 Å². The number of ether oxygens (including phenoxy) is 2. The van der Waals surface area contributed by atoms with Crippen LogP contribution < -0.4 is 0 Å². The Morgan fingerprint density at radius 1 is 1.27 bits per heavy atom. The zero-order valence-electron chi connectivity index (χ0n) is 9.54. The van der Waals surface area contributed by atoms with Gasteiger partial charge in [0.2, 0.25) is 0 Å². The molecule has 0 aromatic heterocycles. The molecule has 0 saturated carbocycles. The average molecular weight is 214 g/mol. The molecule has 0 aliphatic carbocycles. The monoisotopic (exact) mass is 214 g/mol. The number of hydrogen-bond acceptors (Lipinski definition) is 4. The quantitative estimate of drug-likeness (QED) is 0.383. The number of esters is 2. The molecule has 0 N–H and O–H groups in total. The van der Waals surface area contributed by atoms with E-state index in [0.29, 0.717) is 6.61 Å². The Kier molecular flexibility index (Phi) is 5.67. The van der Waals surface area contributed by atoms with E-state index in [1.807, 2.05) is 6.92 Å². The molecule has 0 aliphatic rings. The molecule has 0 radical (unpaired) electrons. The van der Waals surface area contributed by atoms with Crippen LogP contribution in [0, 0.1) is 5.41 Å². The van der Waals surface area contributed by atoms with Gasteiger partial charge in [-0.3, -0.25) is 9.59 Å². The second kappa shape index (κ2) is 6.22. The molecule has 0 fully saturated rings. The Balaban J connectivity index is 4.30. The lowest BCUT2D eigenvalue weighted by atomic mass is 9.94. The maximum atomic E-state index is 11.5. The van der Waals surface area contributed by atoms with E-state index in [-0.39, 0.29) is 6.61 Å². The topological polar surface area (TPSA) is 52.6 Å². The number of carbonyl (C=O) groups is 2. The van der Waals surface area contributed by atoms with Crippen molar-refractivity contribution in [2.45, 2.75) is 27.2 Å². The first-order chi connectivity index (χ1) is 6.96. The fraction of sp³-hybridized carbons (Fsp3) is 0.636. The third-order valence-corrected chi connectivity index (χ3v) is 1.79. The minimum atomic E-state index is -1.25. The van der Waals surface area contributed by atoms with E-state index >= 15 is 0 Å². The van der Waals surface area contributed by atoms with Gasteiger partial charge in [0, 0.05) is 0 Å². The van der Waals surface area contributed by atoms with Gasteiger partial charge in [-0.15, -0.1) is 0 Å². The van der Waals surface area contributed by atoms with E-state index in [9.17, 15) is 9.59 Å². The van der Waals surface area contributed by atoms with Gasteiger partial charge in [0.05, 0.1) is 6.61 Å². The SMILES string of the molecule is C=CCOC(=O)C(C)(C)C(=O)OCCC. The molecule has 0 unspecified atom stereocenters. The zero-order chi connectivity index (χ0) is 11.9. The second-order valence-corrected chi connectivity index (χ2v) is 3.65. The molecule has 4 heteroatoms. The largest absolute Gasteiger partial charge is 0.465 e. The molecular formula is C11H18O4. The summed E-state index contributed by atoms with van der Waals surface area (Å²) in [6.45, 7) is 8.68. The summed E-state index contributed by atoms with van der Waals surface area (Å²) in [6, 6.07) is 0. The molecule has 0 bridgehead atoms. The first-order valence-corrected chi connectivity index (χ1v) is 4.92. The smallest absolute Gasteiger partial charge is 0.323 e. The molecule has 86 valence electrons. The molecule has 0 heterocycles. The molecule has 4 nitrogen and oxygen atoms in total. The predicted molar refractivity (Wildman–Crippen MR) is 56.2 cm³/mol. The Bertz CT molecular complexity index is 243. The van der Waals surface area contributed by atoms with Crippen molar-refractivity contribution in [2.75, 3.05) is 13.2 Å². The Morgan fingerprint density at radius 3 is 2.27 bits per heavy atom. The standard InChI is InChI=1S/C11H18O4/c1-5-7-14-9(12)11(3,4)10(13)15-8-6-2/h5H,1,6-8H2,2-4H3. The Morgan fingerprint density at radius 2 is 1.80 bits per heavy atom. The van der Waals surface area contributed by atoms with Crippen LogP contribution in [0.4, 0.5) is 0 Å². The third kappa shape index (κ3) is 4.14. The van der Waals surface area contributed by atoms with Crippen molar-refractivity contribution < 1.29 is 19.1 Å². The number of hydrogen-bond donors (Lipinski definition) is 0. The highest BCUT2D eigenvalue weighted by molar-refractivity contribution is 5.99. The highest BCUT2D eigenvalue weighted by Crippen LogP contribution is 2.19. The maximum absolute atomic E-state index is 11.5. The van der Waals surface area contributed by atoms with Crippen LogP contribution in [-0.4, -0.2) is 25.2 Å². The number of rotatable bonds is 6. The molecule has 0 rings (SSSR count). The molecule has 0 amide bonds. The third-order valence-electron chi connectivity index (χ3n) is 1.79. The van der Waals surface area contributed by atoms with Crippen molar-refractivity contribution in [1.29, 1.82) is 0 Å². The van der Waals surface area contributed by atoms with Gasteiger partial charge in [0.1, 0.15) is 6.61 Å². The van der Waals surface area contributed by atoms with Crippen LogP contribution in [0.5, 0.6) is 0 Å². The zero-order valence-corrected chi connectivity index (χ0v) is 9.54. The molecule has 0 saturated heterocycles. The molecule has 15 heavy (non-hydrogen) atoms. The Hall–Kier alpha value is -1.32. The molecule has 0 aliphatic heterocycles. The minimum absolute atomic E-state index is 0.101. The van der Waals surface area contributed by atoms with Crippen LogP contribution in [0.3, 0.4) is 0 Å². The first-order valence-electron chi connectivity index (χ1n) is 4.92. The summed E-state index contributed by atoms with van der Waals surface area (Å²) in [7, 11) is 0. The normalized spacial score (nSPS) is 10.6. The van der Waals surface area contributed by atoms with E-state index in [4.69, 9.17) is 9.47 Å². The summed E-state index contributed by atoms with van der Waals surface area (Å²) in [6.07, 6.45) is 2.18.